The van der Waals surface area contributed by atoms with Gasteiger partial charge in [0.1, 0.15) is 0 Å². The number of benzene rings is 2. The molecular formula is C19H25N3O. The van der Waals surface area contributed by atoms with Crippen LogP contribution in [0.4, 0.5) is 0 Å². The first-order chi connectivity index (χ1) is 11.3. The Kier molecular flexibility index (Phi) is 7.14. The standard InChI is InChI=1S/C19H25N3O/c1-2-23-15-18-11-7-6-10-17(18)14-22-19(20)21-13-12-16-8-4-3-5-9-16/h3-11H,2,12-15H2,1H3,(H3,20,21,22). The van der Waals surface area contributed by atoms with Crippen LogP contribution >= 0.6 is 0 Å². The second kappa shape index (κ2) is 9.64. The summed E-state index contributed by atoms with van der Waals surface area (Å²) >= 11 is 0. The number of nitrogens with zero attached hydrogens (tertiary/aromatic N) is 1. The van der Waals surface area contributed by atoms with E-state index in [0.717, 1.165) is 24.1 Å². The summed E-state index contributed by atoms with van der Waals surface area (Å²) in [6.45, 7) is 4.66. The van der Waals surface area contributed by atoms with Crippen LogP contribution in [0.3, 0.4) is 0 Å². The Morgan fingerprint density at radius 3 is 2.48 bits per heavy atom. The van der Waals surface area contributed by atoms with Crippen molar-refractivity contribution in [3.63, 3.8) is 0 Å². The normalized spacial score (nSPS) is 11.4. The Balaban J connectivity index is 1.82. The number of rotatable bonds is 8. The topological polar surface area (TPSA) is 59.6 Å². The third-order valence-electron chi connectivity index (χ3n) is 3.56. The molecule has 0 fully saturated rings. The van der Waals surface area contributed by atoms with Crippen molar-refractivity contribution in [2.24, 2.45) is 10.7 Å². The molecule has 0 aliphatic rings. The van der Waals surface area contributed by atoms with Crippen molar-refractivity contribution >= 4 is 5.96 Å². The third-order valence-corrected chi connectivity index (χ3v) is 3.56. The Morgan fingerprint density at radius 2 is 1.74 bits per heavy atom. The van der Waals surface area contributed by atoms with Crippen LogP contribution in [0.2, 0.25) is 0 Å². The lowest BCUT2D eigenvalue weighted by molar-refractivity contribution is 0.133. The summed E-state index contributed by atoms with van der Waals surface area (Å²) in [5.41, 5.74) is 9.54. The maximum absolute atomic E-state index is 5.94. The van der Waals surface area contributed by atoms with E-state index in [2.05, 4.69) is 34.6 Å². The Labute approximate surface area is 138 Å². The molecule has 122 valence electrons. The molecular weight excluding hydrogens is 286 g/mol. The fourth-order valence-corrected chi connectivity index (χ4v) is 2.27. The zero-order valence-corrected chi connectivity index (χ0v) is 13.7. The largest absolute Gasteiger partial charge is 0.377 e. The van der Waals surface area contributed by atoms with E-state index in [1.165, 1.54) is 5.56 Å². The van der Waals surface area contributed by atoms with Crippen LogP contribution in [0.5, 0.6) is 0 Å². The van der Waals surface area contributed by atoms with Gasteiger partial charge in [-0.15, -0.1) is 0 Å². The maximum Gasteiger partial charge on any atom is 0.188 e. The summed E-state index contributed by atoms with van der Waals surface area (Å²) in [6, 6.07) is 18.5. The first kappa shape index (κ1) is 17.0. The highest BCUT2D eigenvalue weighted by molar-refractivity contribution is 5.77. The number of hydrogen-bond acceptors (Lipinski definition) is 2. The lowest BCUT2D eigenvalue weighted by Gasteiger charge is -2.09. The molecule has 0 saturated heterocycles. The maximum atomic E-state index is 5.94. The van der Waals surface area contributed by atoms with Gasteiger partial charge in [-0.1, -0.05) is 54.6 Å². The zero-order valence-electron chi connectivity index (χ0n) is 13.7. The van der Waals surface area contributed by atoms with Crippen LogP contribution in [0.15, 0.2) is 59.6 Å². The molecule has 0 bridgehead atoms. The van der Waals surface area contributed by atoms with Crippen LogP contribution in [0, 0.1) is 0 Å². The molecule has 0 unspecified atom stereocenters. The molecule has 0 saturated carbocycles. The van der Waals surface area contributed by atoms with Crippen LogP contribution in [0.25, 0.3) is 0 Å². The van der Waals surface area contributed by atoms with Gasteiger partial charge in [-0.25, -0.2) is 4.99 Å². The van der Waals surface area contributed by atoms with E-state index >= 15 is 0 Å². The minimum Gasteiger partial charge on any atom is -0.377 e. The van der Waals surface area contributed by atoms with Crippen LogP contribution in [0.1, 0.15) is 23.6 Å². The first-order valence-corrected chi connectivity index (χ1v) is 8.02. The van der Waals surface area contributed by atoms with Gasteiger partial charge < -0.3 is 15.8 Å². The SMILES string of the molecule is CCOCc1ccccc1CN=C(N)NCCc1ccccc1. The van der Waals surface area contributed by atoms with E-state index in [4.69, 9.17) is 10.5 Å². The molecule has 4 nitrogen and oxygen atoms in total. The zero-order chi connectivity index (χ0) is 16.3. The Hall–Kier alpha value is -2.33. The van der Waals surface area contributed by atoms with E-state index in [1.54, 1.807) is 0 Å². The van der Waals surface area contributed by atoms with Crippen molar-refractivity contribution in [2.75, 3.05) is 13.2 Å². The Bertz CT molecular complexity index is 611. The van der Waals surface area contributed by atoms with E-state index in [1.807, 2.05) is 37.3 Å². The summed E-state index contributed by atoms with van der Waals surface area (Å²) in [5, 5.41) is 3.16. The van der Waals surface area contributed by atoms with Gasteiger partial charge in [-0.3, -0.25) is 0 Å². The van der Waals surface area contributed by atoms with Gasteiger partial charge in [0.25, 0.3) is 0 Å². The van der Waals surface area contributed by atoms with Gasteiger partial charge in [0.05, 0.1) is 13.2 Å². The summed E-state index contributed by atoms with van der Waals surface area (Å²) in [7, 11) is 0. The highest BCUT2D eigenvalue weighted by Gasteiger charge is 2.01. The average molecular weight is 311 g/mol. The molecule has 0 amide bonds. The molecule has 3 N–H and O–H groups in total. The summed E-state index contributed by atoms with van der Waals surface area (Å²) in [6.07, 6.45) is 0.929. The van der Waals surface area contributed by atoms with Crippen LogP contribution in [-0.2, 0) is 24.3 Å². The highest BCUT2D eigenvalue weighted by Crippen LogP contribution is 2.11. The molecule has 4 heteroatoms. The third kappa shape index (κ3) is 6.12. The predicted molar refractivity (Wildman–Crippen MR) is 95.2 cm³/mol. The average Bonchev–Trinajstić information content (AvgIpc) is 2.60. The van der Waals surface area contributed by atoms with Gasteiger partial charge in [-0.05, 0) is 30.0 Å². The van der Waals surface area contributed by atoms with Crippen molar-refractivity contribution in [2.45, 2.75) is 26.5 Å². The number of hydrogen-bond donors (Lipinski definition) is 2. The molecule has 0 heterocycles. The number of guanidine groups is 1. The smallest absolute Gasteiger partial charge is 0.188 e. The molecule has 0 aromatic heterocycles. The van der Waals surface area contributed by atoms with Gasteiger partial charge in [0.15, 0.2) is 5.96 Å². The molecule has 0 spiro atoms. The highest BCUT2D eigenvalue weighted by atomic mass is 16.5. The fourth-order valence-electron chi connectivity index (χ4n) is 2.27. The first-order valence-electron chi connectivity index (χ1n) is 8.02. The van der Waals surface area contributed by atoms with Crippen molar-refractivity contribution in [3.8, 4) is 0 Å². The molecule has 0 aliphatic carbocycles. The van der Waals surface area contributed by atoms with Crippen molar-refractivity contribution in [3.05, 3.63) is 71.3 Å². The lowest BCUT2D eigenvalue weighted by Crippen LogP contribution is -2.33. The number of nitrogens with two attached hydrogens (primary N) is 1. The minimum atomic E-state index is 0.479. The molecule has 0 aliphatic heterocycles. The van der Waals surface area contributed by atoms with Crippen molar-refractivity contribution < 1.29 is 4.74 Å². The molecule has 0 atom stereocenters. The summed E-state index contributed by atoms with van der Waals surface area (Å²) in [5.74, 6) is 0.479. The van der Waals surface area contributed by atoms with Gasteiger partial charge in [0.2, 0.25) is 0 Å². The summed E-state index contributed by atoms with van der Waals surface area (Å²) < 4.78 is 5.49. The fraction of sp³-hybridized carbons (Fsp3) is 0.316. The van der Waals surface area contributed by atoms with Gasteiger partial charge in [-0.2, -0.15) is 0 Å². The molecule has 0 radical (unpaired) electrons. The number of aliphatic imine (C=N–C) groups is 1. The second-order valence-corrected chi connectivity index (χ2v) is 5.27. The molecule has 2 aromatic carbocycles. The quantitative estimate of drug-likeness (QED) is 0.582. The van der Waals surface area contributed by atoms with Crippen molar-refractivity contribution in [1.29, 1.82) is 0 Å². The van der Waals surface area contributed by atoms with Gasteiger partial charge in [0, 0.05) is 13.2 Å². The number of ether oxygens (including phenoxy) is 1. The van der Waals surface area contributed by atoms with E-state index in [9.17, 15) is 0 Å². The summed E-state index contributed by atoms with van der Waals surface area (Å²) in [4.78, 5) is 4.42. The molecule has 2 rings (SSSR count). The Morgan fingerprint density at radius 1 is 1.04 bits per heavy atom. The number of nitrogens with one attached hydrogen (secondary N) is 1. The van der Waals surface area contributed by atoms with Gasteiger partial charge >= 0.3 is 0 Å². The second-order valence-electron chi connectivity index (χ2n) is 5.27. The van der Waals surface area contributed by atoms with E-state index < -0.39 is 0 Å². The van der Waals surface area contributed by atoms with E-state index in [-0.39, 0.29) is 0 Å². The van der Waals surface area contributed by atoms with Crippen LogP contribution < -0.4 is 11.1 Å². The van der Waals surface area contributed by atoms with E-state index in [0.29, 0.717) is 25.7 Å². The van der Waals surface area contributed by atoms with Crippen molar-refractivity contribution in [1.82, 2.24) is 5.32 Å². The molecule has 23 heavy (non-hydrogen) atoms. The lowest BCUT2D eigenvalue weighted by atomic mass is 10.1. The van der Waals surface area contributed by atoms with Crippen LogP contribution in [-0.4, -0.2) is 19.1 Å². The molecule has 2 aromatic rings. The monoisotopic (exact) mass is 311 g/mol. The predicted octanol–water partition coefficient (Wildman–Crippen LogP) is 2.87. The minimum absolute atomic E-state index is 0.479.